The number of ether oxygens (including phenoxy) is 4. The minimum Gasteiger partial charge on any atom is -0.507 e. The third kappa shape index (κ3) is 5.77. The molecular weight excluding hydrogens is 450 g/mol. The summed E-state index contributed by atoms with van der Waals surface area (Å²) >= 11 is 0. The van der Waals surface area contributed by atoms with Crippen molar-refractivity contribution in [3.63, 3.8) is 0 Å². The van der Waals surface area contributed by atoms with Gasteiger partial charge < -0.3 is 29.0 Å². The molecule has 2 aromatic carbocycles. The minimum absolute atomic E-state index is 0.0158. The highest BCUT2D eigenvalue weighted by Crippen LogP contribution is 2.42. The molecule has 1 atom stereocenters. The molecule has 1 amide bonds. The van der Waals surface area contributed by atoms with Gasteiger partial charge in [0.2, 0.25) is 0 Å². The Morgan fingerprint density at radius 1 is 1.03 bits per heavy atom. The van der Waals surface area contributed by atoms with Crippen LogP contribution in [-0.4, -0.2) is 61.3 Å². The maximum Gasteiger partial charge on any atom is 0.295 e. The van der Waals surface area contributed by atoms with Crippen LogP contribution < -0.4 is 14.2 Å². The average molecular weight is 484 g/mol. The largest absolute Gasteiger partial charge is 0.507 e. The molecule has 0 bridgehead atoms. The van der Waals surface area contributed by atoms with Crippen molar-refractivity contribution in [1.29, 1.82) is 0 Å². The summed E-state index contributed by atoms with van der Waals surface area (Å²) in [5, 5.41) is 11.4. The monoisotopic (exact) mass is 483 g/mol. The van der Waals surface area contributed by atoms with Crippen LogP contribution in [0.3, 0.4) is 0 Å². The number of hydrogen-bond acceptors (Lipinski definition) is 7. The number of aliphatic hydroxyl groups is 1. The van der Waals surface area contributed by atoms with E-state index in [1.807, 2.05) is 33.8 Å². The van der Waals surface area contributed by atoms with E-state index in [1.54, 1.807) is 36.4 Å². The first-order chi connectivity index (χ1) is 16.8. The van der Waals surface area contributed by atoms with Crippen LogP contribution in [0.5, 0.6) is 17.2 Å². The average Bonchev–Trinajstić information content (AvgIpc) is 3.07. The van der Waals surface area contributed by atoms with Crippen molar-refractivity contribution in [2.75, 3.05) is 33.5 Å². The number of ketones is 1. The lowest BCUT2D eigenvalue weighted by molar-refractivity contribution is -0.140. The van der Waals surface area contributed by atoms with E-state index in [-0.39, 0.29) is 30.6 Å². The summed E-state index contributed by atoms with van der Waals surface area (Å²) in [4.78, 5) is 27.7. The highest BCUT2D eigenvalue weighted by atomic mass is 16.5. The Bertz CT molecular complexity index is 1090. The molecule has 35 heavy (non-hydrogen) atoms. The zero-order valence-corrected chi connectivity index (χ0v) is 20.9. The molecule has 0 aliphatic carbocycles. The van der Waals surface area contributed by atoms with Crippen molar-refractivity contribution in [3.8, 4) is 17.2 Å². The molecule has 0 radical (unpaired) electrons. The number of rotatable bonds is 11. The van der Waals surface area contributed by atoms with Crippen LogP contribution in [-0.2, 0) is 14.3 Å². The van der Waals surface area contributed by atoms with Gasteiger partial charge in [-0.2, -0.15) is 0 Å². The normalized spacial score (nSPS) is 17.2. The minimum atomic E-state index is -0.818. The quantitative estimate of drug-likeness (QED) is 0.289. The molecule has 8 nitrogen and oxygen atoms in total. The van der Waals surface area contributed by atoms with Gasteiger partial charge in [0, 0.05) is 19.7 Å². The van der Waals surface area contributed by atoms with E-state index in [1.165, 1.54) is 12.0 Å². The van der Waals surface area contributed by atoms with Gasteiger partial charge >= 0.3 is 0 Å². The van der Waals surface area contributed by atoms with E-state index in [4.69, 9.17) is 18.9 Å². The topological polar surface area (TPSA) is 94.5 Å². The molecule has 1 aliphatic heterocycles. The summed E-state index contributed by atoms with van der Waals surface area (Å²) < 4.78 is 22.3. The Hall–Kier alpha value is -3.52. The van der Waals surface area contributed by atoms with Gasteiger partial charge in [0.25, 0.3) is 11.7 Å². The molecule has 1 aliphatic rings. The summed E-state index contributed by atoms with van der Waals surface area (Å²) in [7, 11) is 1.52. The second-order valence-electron chi connectivity index (χ2n) is 8.25. The van der Waals surface area contributed by atoms with Gasteiger partial charge in [-0.15, -0.1) is 0 Å². The fraction of sp³-hybridized carbons (Fsp3) is 0.407. The number of Topliss-reactive ketones (excluding diaryl/α,β-unsaturated/α-hetero) is 1. The number of carbonyl (C=O) groups excluding carboxylic acids is 2. The maximum atomic E-state index is 13.2. The molecule has 3 rings (SSSR count). The van der Waals surface area contributed by atoms with Crippen molar-refractivity contribution < 1.29 is 33.6 Å². The van der Waals surface area contributed by atoms with Crippen LogP contribution in [0.2, 0.25) is 0 Å². The van der Waals surface area contributed by atoms with Gasteiger partial charge in [0.1, 0.15) is 23.0 Å². The van der Waals surface area contributed by atoms with E-state index < -0.39 is 17.7 Å². The second-order valence-corrected chi connectivity index (χ2v) is 8.25. The number of aliphatic hydroxyl groups excluding tert-OH is 1. The number of benzene rings is 2. The summed E-state index contributed by atoms with van der Waals surface area (Å²) in [6.45, 7) is 8.75. The van der Waals surface area contributed by atoms with Crippen LogP contribution in [0, 0.1) is 0 Å². The van der Waals surface area contributed by atoms with Gasteiger partial charge in [0.05, 0.1) is 43.1 Å². The SMILES string of the molecule is CCOc1ccc(/C(O)=C2/C(=O)C(=O)N(CCOC)C2c2cccc(OC(C)C)c2)c(OCC)c1. The summed E-state index contributed by atoms with van der Waals surface area (Å²) in [6.07, 6.45) is -0.0530. The van der Waals surface area contributed by atoms with E-state index in [0.717, 1.165) is 0 Å². The molecule has 1 unspecified atom stereocenters. The molecule has 1 N–H and O–H groups in total. The predicted molar refractivity (Wildman–Crippen MR) is 132 cm³/mol. The fourth-order valence-electron chi connectivity index (χ4n) is 4.05. The van der Waals surface area contributed by atoms with E-state index >= 15 is 0 Å². The van der Waals surface area contributed by atoms with Crippen LogP contribution in [0.15, 0.2) is 48.0 Å². The number of amides is 1. The van der Waals surface area contributed by atoms with Crippen molar-refractivity contribution in [3.05, 3.63) is 59.2 Å². The van der Waals surface area contributed by atoms with Crippen molar-refractivity contribution in [2.24, 2.45) is 0 Å². The molecule has 1 heterocycles. The zero-order valence-electron chi connectivity index (χ0n) is 20.9. The van der Waals surface area contributed by atoms with E-state index in [0.29, 0.717) is 41.6 Å². The smallest absolute Gasteiger partial charge is 0.295 e. The Labute approximate surface area is 206 Å². The summed E-state index contributed by atoms with van der Waals surface area (Å²) in [6, 6.07) is 11.4. The molecule has 1 fully saturated rings. The number of methoxy groups -OCH3 is 1. The Morgan fingerprint density at radius 3 is 2.43 bits per heavy atom. The second kappa shape index (κ2) is 11.8. The highest BCUT2D eigenvalue weighted by Gasteiger charge is 2.46. The first-order valence-corrected chi connectivity index (χ1v) is 11.8. The summed E-state index contributed by atoms with van der Waals surface area (Å²) in [5.74, 6) is -0.249. The van der Waals surface area contributed by atoms with Crippen molar-refractivity contribution >= 4 is 17.4 Å². The lowest BCUT2D eigenvalue weighted by atomic mass is 9.94. The molecule has 0 spiro atoms. The first-order valence-electron chi connectivity index (χ1n) is 11.8. The van der Waals surface area contributed by atoms with Crippen molar-refractivity contribution in [2.45, 2.75) is 39.8 Å². The number of likely N-dealkylation sites (tertiary alicyclic amines) is 1. The standard InChI is InChI=1S/C27H33NO7/c1-6-33-19-11-12-21(22(16-19)34-7-2)25(29)23-24(28(13-14-32-5)27(31)26(23)30)18-9-8-10-20(15-18)35-17(3)4/h8-12,15-17,24,29H,6-7,13-14H2,1-5H3/b25-23-. The zero-order chi connectivity index (χ0) is 25.5. The lowest BCUT2D eigenvalue weighted by Gasteiger charge is -2.25. The van der Waals surface area contributed by atoms with Gasteiger partial charge in [0.15, 0.2) is 0 Å². The third-order valence-electron chi connectivity index (χ3n) is 5.44. The van der Waals surface area contributed by atoms with Crippen LogP contribution >= 0.6 is 0 Å². The van der Waals surface area contributed by atoms with Crippen LogP contribution in [0.1, 0.15) is 44.9 Å². The third-order valence-corrected chi connectivity index (χ3v) is 5.44. The van der Waals surface area contributed by atoms with Gasteiger partial charge in [-0.05, 0) is 57.5 Å². The summed E-state index contributed by atoms with van der Waals surface area (Å²) in [5.41, 5.74) is 0.932. The van der Waals surface area contributed by atoms with Crippen LogP contribution in [0.4, 0.5) is 0 Å². The molecule has 0 aromatic heterocycles. The van der Waals surface area contributed by atoms with Gasteiger partial charge in [-0.25, -0.2) is 0 Å². The molecule has 8 heteroatoms. The predicted octanol–water partition coefficient (Wildman–Crippen LogP) is 4.34. The maximum absolute atomic E-state index is 13.2. The van der Waals surface area contributed by atoms with Crippen LogP contribution in [0.25, 0.3) is 5.76 Å². The molecule has 0 saturated carbocycles. The van der Waals surface area contributed by atoms with Gasteiger partial charge in [-0.1, -0.05) is 12.1 Å². The molecule has 188 valence electrons. The number of hydrogen-bond donors (Lipinski definition) is 1. The molecular formula is C27H33NO7. The number of carbonyl (C=O) groups is 2. The Morgan fingerprint density at radius 2 is 1.77 bits per heavy atom. The van der Waals surface area contributed by atoms with E-state index in [2.05, 4.69) is 0 Å². The van der Waals surface area contributed by atoms with Gasteiger partial charge in [-0.3, -0.25) is 9.59 Å². The fourth-order valence-corrected chi connectivity index (χ4v) is 4.05. The number of nitrogens with zero attached hydrogens (tertiary/aromatic N) is 1. The highest BCUT2D eigenvalue weighted by molar-refractivity contribution is 6.46. The lowest BCUT2D eigenvalue weighted by Crippen LogP contribution is -2.32. The first kappa shape index (κ1) is 26.1. The van der Waals surface area contributed by atoms with E-state index in [9.17, 15) is 14.7 Å². The molecule has 2 aromatic rings. The van der Waals surface area contributed by atoms with Crippen molar-refractivity contribution in [1.82, 2.24) is 4.90 Å². The Kier molecular flexibility index (Phi) is 8.76. The molecule has 1 saturated heterocycles. The Balaban J connectivity index is 2.18.